The smallest absolute Gasteiger partial charge is 0.255 e. The number of nitrogens with zero attached hydrogens (tertiary/aromatic N) is 1. The first-order valence-electron chi connectivity index (χ1n) is 6.96. The molecule has 0 fully saturated rings. The van der Waals surface area contributed by atoms with Gasteiger partial charge in [-0.1, -0.05) is 26.0 Å². The fraction of sp³-hybridized carbons (Fsp3) is 0.600. The van der Waals surface area contributed by atoms with Gasteiger partial charge in [-0.15, -0.1) is 0 Å². The Hall–Kier alpha value is -1.20. The molecule has 20 heavy (non-hydrogen) atoms. The maximum Gasteiger partial charge on any atom is 0.255 e. The van der Waals surface area contributed by atoms with Gasteiger partial charge in [0.15, 0.2) is 0 Å². The van der Waals surface area contributed by atoms with Crippen LogP contribution in [0.5, 0.6) is 0 Å². The first-order valence-corrected chi connectivity index (χ1v) is 6.96. The lowest BCUT2D eigenvalue weighted by molar-refractivity contribution is 0.153. The highest BCUT2D eigenvalue weighted by atomic mass is 19.3. The van der Waals surface area contributed by atoms with Crippen molar-refractivity contribution in [3.05, 3.63) is 29.8 Å². The number of anilines is 1. The summed E-state index contributed by atoms with van der Waals surface area (Å²) in [6, 6.07) is 7.51. The van der Waals surface area contributed by atoms with Crippen LogP contribution in [0.3, 0.4) is 0 Å². The lowest BCUT2D eigenvalue weighted by atomic mass is 10.1. The van der Waals surface area contributed by atoms with Gasteiger partial charge in [-0.2, -0.15) is 0 Å². The van der Waals surface area contributed by atoms with E-state index in [0.717, 1.165) is 18.7 Å². The van der Waals surface area contributed by atoms with Gasteiger partial charge >= 0.3 is 0 Å². The summed E-state index contributed by atoms with van der Waals surface area (Å²) in [5, 5.41) is 12.3. The summed E-state index contributed by atoms with van der Waals surface area (Å²) in [4.78, 5) is 1.50. The highest BCUT2D eigenvalue weighted by molar-refractivity contribution is 5.47. The van der Waals surface area contributed by atoms with Crippen LogP contribution in [0.2, 0.25) is 0 Å². The molecular formula is C15H24F2N2O. The Balaban J connectivity index is 2.58. The molecule has 3 nitrogen and oxygen atoms in total. The number of aliphatic hydroxyl groups excluding tert-OH is 1. The summed E-state index contributed by atoms with van der Waals surface area (Å²) in [7, 11) is 0. The number of hydrogen-bond donors (Lipinski definition) is 2. The minimum Gasteiger partial charge on any atom is -0.395 e. The molecule has 0 atom stereocenters. The summed E-state index contributed by atoms with van der Waals surface area (Å²) in [6.45, 7) is 5.74. The van der Waals surface area contributed by atoms with Crippen molar-refractivity contribution < 1.29 is 13.9 Å². The lowest BCUT2D eigenvalue weighted by Crippen LogP contribution is -2.31. The van der Waals surface area contributed by atoms with Crippen molar-refractivity contribution in [2.24, 2.45) is 5.92 Å². The minimum atomic E-state index is -2.41. The quantitative estimate of drug-likeness (QED) is 0.732. The van der Waals surface area contributed by atoms with Crippen molar-refractivity contribution in [1.82, 2.24) is 5.32 Å². The Kier molecular flexibility index (Phi) is 7.47. The Labute approximate surface area is 119 Å². The van der Waals surface area contributed by atoms with E-state index in [4.69, 9.17) is 5.11 Å². The number of benzene rings is 1. The topological polar surface area (TPSA) is 35.5 Å². The van der Waals surface area contributed by atoms with Crippen molar-refractivity contribution in [2.45, 2.75) is 26.8 Å². The lowest BCUT2D eigenvalue weighted by Gasteiger charge is -2.23. The second kappa shape index (κ2) is 8.87. The zero-order valence-corrected chi connectivity index (χ0v) is 12.1. The van der Waals surface area contributed by atoms with E-state index < -0.39 is 6.43 Å². The molecule has 2 N–H and O–H groups in total. The van der Waals surface area contributed by atoms with Crippen molar-refractivity contribution in [3.8, 4) is 0 Å². The van der Waals surface area contributed by atoms with Gasteiger partial charge in [-0.05, 0) is 30.2 Å². The van der Waals surface area contributed by atoms with Gasteiger partial charge < -0.3 is 15.3 Å². The average Bonchev–Trinajstić information content (AvgIpc) is 2.38. The molecule has 1 aromatic carbocycles. The second-order valence-electron chi connectivity index (χ2n) is 5.25. The molecule has 0 amide bonds. The van der Waals surface area contributed by atoms with Crippen molar-refractivity contribution in [3.63, 3.8) is 0 Å². The van der Waals surface area contributed by atoms with Crippen molar-refractivity contribution >= 4 is 5.69 Å². The number of nitrogens with one attached hydrogen (secondary N) is 1. The van der Waals surface area contributed by atoms with Crippen LogP contribution >= 0.6 is 0 Å². The highest BCUT2D eigenvalue weighted by Gasteiger charge is 2.12. The van der Waals surface area contributed by atoms with Crippen LogP contribution in [-0.2, 0) is 6.54 Å². The summed E-state index contributed by atoms with van der Waals surface area (Å²) < 4.78 is 25.0. The highest BCUT2D eigenvalue weighted by Crippen LogP contribution is 2.16. The predicted octanol–water partition coefficient (Wildman–Crippen LogP) is 2.50. The van der Waals surface area contributed by atoms with Crippen LogP contribution in [-0.4, -0.2) is 37.8 Å². The van der Waals surface area contributed by atoms with Gasteiger partial charge in [0, 0.05) is 18.8 Å². The van der Waals surface area contributed by atoms with Gasteiger partial charge in [0.2, 0.25) is 0 Å². The minimum absolute atomic E-state index is 0.135. The van der Waals surface area contributed by atoms with E-state index >= 15 is 0 Å². The molecule has 114 valence electrons. The van der Waals surface area contributed by atoms with E-state index in [9.17, 15) is 8.78 Å². The second-order valence-corrected chi connectivity index (χ2v) is 5.25. The van der Waals surface area contributed by atoms with Crippen molar-refractivity contribution in [1.29, 1.82) is 0 Å². The summed E-state index contributed by atoms with van der Waals surface area (Å²) in [5.41, 5.74) is 1.84. The zero-order valence-electron chi connectivity index (χ0n) is 12.1. The Morgan fingerprint density at radius 2 is 1.85 bits per heavy atom. The number of aliphatic hydroxyl groups is 1. The zero-order chi connectivity index (χ0) is 15.0. The van der Waals surface area contributed by atoms with Gasteiger partial charge in [-0.3, -0.25) is 0 Å². The van der Waals surface area contributed by atoms with Gasteiger partial charge in [0.25, 0.3) is 6.43 Å². The molecule has 0 bridgehead atoms. The molecule has 0 radical (unpaired) electrons. The van der Waals surface area contributed by atoms with Crippen LogP contribution < -0.4 is 10.2 Å². The summed E-state index contributed by atoms with van der Waals surface area (Å²) in [5.74, 6) is 0.598. The molecule has 1 aromatic rings. The van der Waals surface area contributed by atoms with Gasteiger partial charge in [0.1, 0.15) is 0 Å². The number of rotatable bonds is 9. The van der Waals surface area contributed by atoms with E-state index in [-0.39, 0.29) is 19.7 Å². The average molecular weight is 286 g/mol. The van der Waals surface area contributed by atoms with Crippen LogP contribution in [0.15, 0.2) is 24.3 Å². The molecule has 0 aliphatic carbocycles. The van der Waals surface area contributed by atoms with Crippen LogP contribution in [0.1, 0.15) is 19.4 Å². The Morgan fingerprint density at radius 3 is 2.35 bits per heavy atom. The number of alkyl halides is 2. The molecule has 1 rings (SSSR count). The maximum absolute atomic E-state index is 12.5. The largest absolute Gasteiger partial charge is 0.395 e. The van der Waals surface area contributed by atoms with E-state index in [1.807, 2.05) is 24.3 Å². The van der Waals surface area contributed by atoms with E-state index in [1.165, 1.54) is 4.90 Å². The molecule has 0 saturated heterocycles. The molecule has 0 heterocycles. The van der Waals surface area contributed by atoms with Gasteiger partial charge in [0.05, 0.1) is 13.2 Å². The molecule has 5 heteroatoms. The van der Waals surface area contributed by atoms with E-state index in [2.05, 4.69) is 19.2 Å². The van der Waals surface area contributed by atoms with Gasteiger partial charge in [-0.25, -0.2) is 8.78 Å². The van der Waals surface area contributed by atoms with Crippen molar-refractivity contribution in [2.75, 3.05) is 31.1 Å². The summed E-state index contributed by atoms with van der Waals surface area (Å²) in [6.07, 6.45) is -2.41. The fourth-order valence-electron chi connectivity index (χ4n) is 1.94. The molecular weight excluding hydrogens is 262 g/mol. The molecule has 0 aliphatic rings. The maximum atomic E-state index is 12.5. The van der Waals surface area contributed by atoms with E-state index in [1.54, 1.807) is 0 Å². The fourth-order valence-corrected chi connectivity index (χ4v) is 1.94. The van der Waals surface area contributed by atoms with Crippen LogP contribution in [0, 0.1) is 5.92 Å². The van der Waals surface area contributed by atoms with Crippen LogP contribution in [0.4, 0.5) is 14.5 Å². The Morgan fingerprint density at radius 1 is 1.20 bits per heavy atom. The normalized spacial score (nSPS) is 11.3. The third-order valence-electron chi connectivity index (χ3n) is 2.91. The molecule has 0 spiro atoms. The third-order valence-corrected chi connectivity index (χ3v) is 2.91. The number of halogens is 2. The Bertz CT molecular complexity index is 369. The monoisotopic (exact) mass is 286 g/mol. The molecule has 0 unspecified atom stereocenters. The molecule has 0 saturated carbocycles. The van der Waals surface area contributed by atoms with Crippen LogP contribution in [0.25, 0.3) is 0 Å². The van der Waals surface area contributed by atoms with E-state index in [0.29, 0.717) is 11.6 Å². The first-order chi connectivity index (χ1) is 9.52. The third kappa shape index (κ3) is 6.30. The summed E-state index contributed by atoms with van der Waals surface area (Å²) >= 11 is 0. The molecule has 0 aliphatic heterocycles. The predicted molar refractivity (Wildman–Crippen MR) is 78.3 cm³/mol. The SMILES string of the molecule is CC(C)CNCc1ccc(N(CCO)CC(F)F)cc1. The standard InChI is InChI=1S/C15H24F2N2O/c1-12(2)9-18-10-13-3-5-14(6-4-13)19(7-8-20)11-15(16)17/h3-6,12,15,18,20H,7-11H2,1-2H3. The first kappa shape index (κ1) is 16.9. The number of hydrogen-bond acceptors (Lipinski definition) is 3. The molecule has 0 aromatic heterocycles.